The summed E-state index contributed by atoms with van der Waals surface area (Å²) in [6.07, 6.45) is 3.90. The summed E-state index contributed by atoms with van der Waals surface area (Å²) in [5, 5.41) is 7.04. The number of hydrogen-bond acceptors (Lipinski definition) is 4. The van der Waals surface area contributed by atoms with Crippen LogP contribution in [0, 0.1) is 0 Å². The molecule has 1 amide bonds. The quantitative estimate of drug-likeness (QED) is 0.851. The molecule has 118 valence electrons. The van der Waals surface area contributed by atoms with Crippen molar-refractivity contribution in [3.8, 4) is 11.5 Å². The molecule has 1 N–H and O–H groups in total. The summed E-state index contributed by atoms with van der Waals surface area (Å²) in [5.74, 6) is 1.42. The molecule has 2 rings (SSSR count). The van der Waals surface area contributed by atoms with Gasteiger partial charge in [0.2, 0.25) is 5.91 Å². The molecule has 22 heavy (non-hydrogen) atoms. The number of amides is 1. The van der Waals surface area contributed by atoms with Crippen molar-refractivity contribution in [3.63, 3.8) is 0 Å². The third-order valence-electron chi connectivity index (χ3n) is 3.41. The molecule has 0 spiro atoms. The summed E-state index contributed by atoms with van der Waals surface area (Å²) in [6, 6.07) is 7.20. The van der Waals surface area contributed by atoms with Crippen LogP contribution in [0.15, 0.2) is 36.7 Å². The maximum absolute atomic E-state index is 12.1. The zero-order valence-corrected chi connectivity index (χ0v) is 13.1. The van der Waals surface area contributed by atoms with Crippen molar-refractivity contribution in [1.29, 1.82) is 0 Å². The molecule has 0 saturated carbocycles. The van der Waals surface area contributed by atoms with Gasteiger partial charge in [0, 0.05) is 30.9 Å². The molecule has 0 aliphatic rings. The number of carbonyl (C=O) groups is 1. The lowest BCUT2D eigenvalue weighted by molar-refractivity contribution is -0.122. The molecule has 0 fully saturated rings. The Labute approximate surface area is 130 Å². The van der Waals surface area contributed by atoms with Gasteiger partial charge in [0.25, 0.3) is 0 Å². The summed E-state index contributed by atoms with van der Waals surface area (Å²) < 4.78 is 12.3. The van der Waals surface area contributed by atoms with Crippen LogP contribution in [0.4, 0.5) is 0 Å². The molecule has 0 aliphatic heterocycles. The second kappa shape index (κ2) is 7.49. The van der Waals surface area contributed by atoms with E-state index in [2.05, 4.69) is 10.4 Å². The zero-order valence-electron chi connectivity index (χ0n) is 13.1. The van der Waals surface area contributed by atoms with E-state index in [1.807, 2.05) is 37.4 Å². The molecule has 1 atom stereocenters. The fourth-order valence-corrected chi connectivity index (χ4v) is 2.22. The topological polar surface area (TPSA) is 65.4 Å². The summed E-state index contributed by atoms with van der Waals surface area (Å²) in [6.45, 7) is 2.48. The predicted octanol–water partition coefficient (Wildman–Crippen LogP) is 2.17. The molecule has 1 heterocycles. The first kappa shape index (κ1) is 15.9. The van der Waals surface area contributed by atoms with E-state index in [9.17, 15) is 4.79 Å². The number of ether oxygens (including phenoxy) is 2. The van der Waals surface area contributed by atoms with Gasteiger partial charge in [-0.25, -0.2) is 0 Å². The molecule has 0 radical (unpaired) electrons. The van der Waals surface area contributed by atoms with Gasteiger partial charge in [-0.2, -0.15) is 5.10 Å². The molecule has 1 aromatic heterocycles. The van der Waals surface area contributed by atoms with Crippen LogP contribution in [-0.2, 0) is 11.3 Å². The number of aromatic nitrogens is 2. The van der Waals surface area contributed by atoms with E-state index in [-0.39, 0.29) is 11.9 Å². The fourth-order valence-electron chi connectivity index (χ4n) is 2.22. The molecule has 6 heteroatoms. The van der Waals surface area contributed by atoms with Crippen LogP contribution in [0.25, 0.3) is 0 Å². The highest BCUT2D eigenvalue weighted by Gasteiger charge is 2.15. The Hall–Kier alpha value is -2.50. The number of rotatable bonds is 7. The Bertz CT molecular complexity index is 611. The highest BCUT2D eigenvalue weighted by atomic mass is 16.5. The molecule has 2 aromatic rings. The summed E-state index contributed by atoms with van der Waals surface area (Å²) in [5.41, 5.74) is 0.884. The van der Waals surface area contributed by atoms with Gasteiger partial charge < -0.3 is 14.8 Å². The lowest BCUT2D eigenvalue weighted by atomic mass is 10.1. The van der Waals surface area contributed by atoms with Crippen LogP contribution in [-0.4, -0.2) is 29.9 Å². The number of benzene rings is 1. The second-order valence-corrected chi connectivity index (χ2v) is 4.92. The number of nitrogens with one attached hydrogen (secondary N) is 1. The molecule has 1 aromatic carbocycles. The van der Waals surface area contributed by atoms with Crippen LogP contribution in [0.5, 0.6) is 11.5 Å². The normalized spacial score (nSPS) is 11.8. The first-order valence-corrected chi connectivity index (χ1v) is 7.12. The molecule has 0 unspecified atom stereocenters. The van der Waals surface area contributed by atoms with Gasteiger partial charge in [0.05, 0.1) is 20.3 Å². The third kappa shape index (κ3) is 4.00. The van der Waals surface area contributed by atoms with Crippen molar-refractivity contribution in [1.82, 2.24) is 15.1 Å². The van der Waals surface area contributed by atoms with Crippen LogP contribution in [0.1, 0.15) is 24.9 Å². The lowest BCUT2D eigenvalue weighted by Crippen LogP contribution is -2.27. The van der Waals surface area contributed by atoms with Crippen molar-refractivity contribution in [2.45, 2.75) is 25.9 Å². The van der Waals surface area contributed by atoms with Crippen molar-refractivity contribution < 1.29 is 14.3 Å². The fraction of sp³-hybridized carbons (Fsp3) is 0.375. The standard InChI is InChI=1S/C16H21N3O3/c1-12(14-11-13(21-2)5-6-15(14)22-3)18-16(20)7-10-19-9-4-8-17-19/h4-6,8-9,11-12H,7,10H2,1-3H3,(H,18,20)/t12-/m0/s1. The minimum atomic E-state index is -0.171. The zero-order chi connectivity index (χ0) is 15.9. The Morgan fingerprint density at radius 1 is 1.36 bits per heavy atom. The van der Waals surface area contributed by atoms with Crippen molar-refractivity contribution in [3.05, 3.63) is 42.2 Å². The Morgan fingerprint density at radius 3 is 2.82 bits per heavy atom. The van der Waals surface area contributed by atoms with E-state index >= 15 is 0 Å². The van der Waals surface area contributed by atoms with E-state index < -0.39 is 0 Å². The van der Waals surface area contributed by atoms with E-state index in [1.54, 1.807) is 25.1 Å². The Morgan fingerprint density at radius 2 is 2.18 bits per heavy atom. The average molecular weight is 303 g/mol. The van der Waals surface area contributed by atoms with E-state index in [0.717, 1.165) is 17.1 Å². The van der Waals surface area contributed by atoms with Gasteiger partial charge in [-0.3, -0.25) is 9.48 Å². The maximum Gasteiger partial charge on any atom is 0.222 e. The van der Waals surface area contributed by atoms with Crippen LogP contribution >= 0.6 is 0 Å². The third-order valence-corrected chi connectivity index (χ3v) is 3.41. The van der Waals surface area contributed by atoms with Crippen LogP contribution in [0.2, 0.25) is 0 Å². The van der Waals surface area contributed by atoms with E-state index in [1.165, 1.54) is 0 Å². The van der Waals surface area contributed by atoms with Gasteiger partial charge in [-0.15, -0.1) is 0 Å². The van der Waals surface area contributed by atoms with E-state index in [4.69, 9.17) is 9.47 Å². The van der Waals surface area contributed by atoms with E-state index in [0.29, 0.717) is 13.0 Å². The molecule has 0 saturated heterocycles. The van der Waals surface area contributed by atoms with Gasteiger partial charge >= 0.3 is 0 Å². The number of methoxy groups -OCH3 is 2. The smallest absolute Gasteiger partial charge is 0.222 e. The highest BCUT2D eigenvalue weighted by Crippen LogP contribution is 2.29. The van der Waals surface area contributed by atoms with Crippen LogP contribution in [0.3, 0.4) is 0 Å². The summed E-state index contributed by atoms with van der Waals surface area (Å²) in [7, 11) is 3.22. The SMILES string of the molecule is COc1ccc(OC)c([C@H](C)NC(=O)CCn2cccn2)c1. The molecular weight excluding hydrogens is 282 g/mol. The monoisotopic (exact) mass is 303 g/mol. The largest absolute Gasteiger partial charge is 0.497 e. The first-order chi connectivity index (χ1) is 10.6. The Kier molecular flexibility index (Phi) is 5.41. The van der Waals surface area contributed by atoms with Gasteiger partial charge in [0.1, 0.15) is 11.5 Å². The van der Waals surface area contributed by atoms with Gasteiger partial charge in [0.15, 0.2) is 0 Å². The number of hydrogen-bond donors (Lipinski definition) is 1. The predicted molar refractivity (Wildman–Crippen MR) is 82.9 cm³/mol. The second-order valence-electron chi connectivity index (χ2n) is 4.92. The maximum atomic E-state index is 12.1. The van der Waals surface area contributed by atoms with Gasteiger partial charge in [-0.1, -0.05) is 0 Å². The summed E-state index contributed by atoms with van der Waals surface area (Å²) in [4.78, 5) is 12.1. The van der Waals surface area contributed by atoms with Crippen molar-refractivity contribution >= 4 is 5.91 Å². The minimum Gasteiger partial charge on any atom is -0.497 e. The molecule has 6 nitrogen and oxygen atoms in total. The van der Waals surface area contributed by atoms with Crippen molar-refractivity contribution in [2.75, 3.05) is 14.2 Å². The highest BCUT2D eigenvalue weighted by molar-refractivity contribution is 5.76. The number of carbonyl (C=O) groups excluding carboxylic acids is 1. The Balaban J connectivity index is 1.98. The minimum absolute atomic E-state index is 0.0344. The summed E-state index contributed by atoms with van der Waals surface area (Å²) >= 11 is 0. The average Bonchev–Trinajstić information content (AvgIpc) is 3.05. The lowest BCUT2D eigenvalue weighted by Gasteiger charge is -2.18. The number of nitrogens with zero attached hydrogens (tertiary/aromatic N) is 2. The number of aryl methyl sites for hydroxylation is 1. The molecular formula is C16H21N3O3. The van der Waals surface area contributed by atoms with Gasteiger partial charge in [-0.05, 0) is 31.2 Å². The van der Waals surface area contributed by atoms with Crippen molar-refractivity contribution in [2.24, 2.45) is 0 Å². The molecule has 0 bridgehead atoms. The molecule has 0 aliphatic carbocycles. The first-order valence-electron chi connectivity index (χ1n) is 7.12. The van der Waals surface area contributed by atoms with Crippen LogP contribution < -0.4 is 14.8 Å².